The van der Waals surface area contributed by atoms with Gasteiger partial charge in [0.2, 0.25) is 0 Å². The number of halogens is 1. The Kier molecular flexibility index (Phi) is 3.86. The summed E-state index contributed by atoms with van der Waals surface area (Å²) in [6.07, 6.45) is 2.01. The van der Waals surface area contributed by atoms with E-state index in [1.165, 1.54) is 12.1 Å². The molecule has 0 saturated heterocycles. The highest BCUT2D eigenvalue weighted by Gasteiger charge is 2.20. The maximum Gasteiger partial charge on any atom is 0.123 e. The molecule has 0 amide bonds. The Morgan fingerprint density at radius 1 is 1.27 bits per heavy atom. The zero-order chi connectivity index (χ0) is 11.5. The zero-order valence-electron chi connectivity index (χ0n) is 9.76. The fourth-order valence-corrected chi connectivity index (χ4v) is 1.56. The molecule has 0 aliphatic rings. The standard InChI is InChI=1S/C13H20FN/c1-10(2)8-9-13(3,15)11-4-6-12(14)7-5-11/h4-7,10H,8-9,15H2,1-3H3. The van der Waals surface area contributed by atoms with Crippen molar-refractivity contribution in [1.29, 1.82) is 0 Å². The van der Waals surface area contributed by atoms with E-state index < -0.39 is 0 Å². The van der Waals surface area contributed by atoms with Crippen LogP contribution in [0, 0.1) is 11.7 Å². The second-order valence-electron chi connectivity index (χ2n) is 4.86. The SMILES string of the molecule is CC(C)CCC(C)(N)c1ccc(F)cc1. The molecule has 0 aliphatic carbocycles. The lowest BCUT2D eigenvalue weighted by molar-refractivity contribution is 0.396. The van der Waals surface area contributed by atoms with Crippen molar-refractivity contribution in [2.75, 3.05) is 0 Å². The number of hydrogen-bond donors (Lipinski definition) is 1. The summed E-state index contributed by atoms with van der Waals surface area (Å²) in [6, 6.07) is 6.48. The fraction of sp³-hybridized carbons (Fsp3) is 0.538. The summed E-state index contributed by atoms with van der Waals surface area (Å²) in [5.74, 6) is 0.437. The number of nitrogens with two attached hydrogens (primary N) is 1. The van der Waals surface area contributed by atoms with Gasteiger partial charge in [-0.3, -0.25) is 0 Å². The molecule has 2 heteroatoms. The lowest BCUT2D eigenvalue weighted by atomic mass is 9.86. The van der Waals surface area contributed by atoms with Gasteiger partial charge in [-0.1, -0.05) is 26.0 Å². The molecule has 0 radical (unpaired) electrons. The molecular weight excluding hydrogens is 189 g/mol. The van der Waals surface area contributed by atoms with E-state index in [0.717, 1.165) is 18.4 Å². The lowest BCUT2D eigenvalue weighted by Crippen LogP contribution is -2.33. The third kappa shape index (κ3) is 3.63. The zero-order valence-corrected chi connectivity index (χ0v) is 9.76. The van der Waals surface area contributed by atoms with Gasteiger partial charge >= 0.3 is 0 Å². The summed E-state index contributed by atoms with van der Waals surface area (Å²) < 4.78 is 12.7. The van der Waals surface area contributed by atoms with Crippen LogP contribution in [-0.4, -0.2) is 0 Å². The van der Waals surface area contributed by atoms with Gasteiger partial charge in [-0.25, -0.2) is 4.39 Å². The van der Waals surface area contributed by atoms with Crippen LogP contribution in [0.2, 0.25) is 0 Å². The third-order valence-electron chi connectivity index (χ3n) is 2.74. The molecule has 1 atom stereocenters. The maximum absolute atomic E-state index is 12.7. The number of hydrogen-bond acceptors (Lipinski definition) is 1. The van der Waals surface area contributed by atoms with Gasteiger partial charge in [-0.05, 0) is 43.4 Å². The van der Waals surface area contributed by atoms with Crippen LogP contribution in [0.5, 0.6) is 0 Å². The van der Waals surface area contributed by atoms with Crippen molar-refractivity contribution >= 4 is 0 Å². The molecule has 1 unspecified atom stereocenters. The second-order valence-corrected chi connectivity index (χ2v) is 4.86. The van der Waals surface area contributed by atoms with E-state index in [4.69, 9.17) is 5.73 Å². The van der Waals surface area contributed by atoms with Crippen LogP contribution >= 0.6 is 0 Å². The minimum atomic E-state index is -0.349. The van der Waals surface area contributed by atoms with Gasteiger partial charge in [0.1, 0.15) is 5.82 Å². The molecule has 84 valence electrons. The van der Waals surface area contributed by atoms with Crippen molar-refractivity contribution in [3.63, 3.8) is 0 Å². The van der Waals surface area contributed by atoms with Gasteiger partial charge in [0.05, 0.1) is 0 Å². The quantitative estimate of drug-likeness (QED) is 0.807. The average Bonchev–Trinajstić information content (AvgIpc) is 2.16. The molecule has 1 nitrogen and oxygen atoms in total. The van der Waals surface area contributed by atoms with E-state index in [1.807, 2.05) is 6.92 Å². The first-order valence-electron chi connectivity index (χ1n) is 5.47. The van der Waals surface area contributed by atoms with Crippen LogP contribution in [0.25, 0.3) is 0 Å². The molecule has 1 rings (SSSR count). The Bertz CT molecular complexity index is 301. The Labute approximate surface area is 91.5 Å². The first kappa shape index (κ1) is 12.2. The first-order chi connectivity index (χ1) is 6.92. The van der Waals surface area contributed by atoms with Crippen LogP contribution in [0.15, 0.2) is 24.3 Å². The van der Waals surface area contributed by atoms with E-state index >= 15 is 0 Å². The van der Waals surface area contributed by atoms with Crippen LogP contribution in [-0.2, 0) is 5.54 Å². The summed E-state index contributed by atoms with van der Waals surface area (Å²) >= 11 is 0. The van der Waals surface area contributed by atoms with E-state index in [-0.39, 0.29) is 11.4 Å². The van der Waals surface area contributed by atoms with Crippen LogP contribution < -0.4 is 5.73 Å². The smallest absolute Gasteiger partial charge is 0.123 e. The molecule has 0 aliphatic heterocycles. The highest BCUT2D eigenvalue weighted by molar-refractivity contribution is 5.23. The Morgan fingerprint density at radius 2 is 1.80 bits per heavy atom. The topological polar surface area (TPSA) is 26.0 Å². The van der Waals surface area contributed by atoms with Crippen molar-refractivity contribution in [3.8, 4) is 0 Å². The lowest BCUT2D eigenvalue weighted by Gasteiger charge is -2.26. The largest absolute Gasteiger partial charge is 0.322 e. The normalized spacial score (nSPS) is 15.3. The molecule has 1 aromatic rings. The van der Waals surface area contributed by atoms with Gasteiger partial charge < -0.3 is 5.73 Å². The van der Waals surface area contributed by atoms with Gasteiger partial charge in [0, 0.05) is 5.54 Å². The predicted molar refractivity (Wildman–Crippen MR) is 62.0 cm³/mol. The van der Waals surface area contributed by atoms with Crippen LogP contribution in [0.1, 0.15) is 39.2 Å². The molecule has 0 spiro atoms. The summed E-state index contributed by atoms with van der Waals surface area (Å²) in [4.78, 5) is 0. The minimum absolute atomic E-state index is 0.210. The van der Waals surface area contributed by atoms with Crippen molar-refractivity contribution in [3.05, 3.63) is 35.6 Å². The Morgan fingerprint density at radius 3 is 2.27 bits per heavy atom. The van der Waals surface area contributed by atoms with Gasteiger partial charge in [-0.2, -0.15) is 0 Å². The molecular formula is C13H20FN. The minimum Gasteiger partial charge on any atom is -0.322 e. The number of rotatable bonds is 4. The predicted octanol–water partition coefficient (Wildman–Crippen LogP) is 3.44. The third-order valence-corrected chi connectivity index (χ3v) is 2.74. The maximum atomic E-state index is 12.7. The van der Waals surface area contributed by atoms with Crippen LogP contribution in [0.3, 0.4) is 0 Å². The van der Waals surface area contributed by atoms with Crippen molar-refractivity contribution in [2.24, 2.45) is 11.7 Å². The van der Waals surface area contributed by atoms with Gasteiger partial charge in [-0.15, -0.1) is 0 Å². The van der Waals surface area contributed by atoms with Gasteiger partial charge in [0.25, 0.3) is 0 Å². The first-order valence-corrected chi connectivity index (χ1v) is 5.47. The highest BCUT2D eigenvalue weighted by atomic mass is 19.1. The molecule has 0 aromatic heterocycles. The van der Waals surface area contributed by atoms with E-state index in [0.29, 0.717) is 5.92 Å². The van der Waals surface area contributed by atoms with Crippen molar-refractivity contribution in [2.45, 2.75) is 39.2 Å². The summed E-state index contributed by atoms with van der Waals surface area (Å²) in [5.41, 5.74) is 6.87. The monoisotopic (exact) mass is 209 g/mol. The van der Waals surface area contributed by atoms with Crippen molar-refractivity contribution < 1.29 is 4.39 Å². The van der Waals surface area contributed by atoms with E-state index in [2.05, 4.69) is 13.8 Å². The highest BCUT2D eigenvalue weighted by Crippen LogP contribution is 2.25. The van der Waals surface area contributed by atoms with Crippen LogP contribution in [0.4, 0.5) is 4.39 Å². The molecule has 15 heavy (non-hydrogen) atoms. The molecule has 2 N–H and O–H groups in total. The Hall–Kier alpha value is -0.890. The van der Waals surface area contributed by atoms with E-state index in [1.54, 1.807) is 12.1 Å². The average molecular weight is 209 g/mol. The summed E-state index contributed by atoms with van der Waals surface area (Å²) in [7, 11) is 0. The number of benzene rings is 1. The summed E-state index contributed by atoms with van der Waals surface area (Å²) in [6.45, 7) is 6.37. The molecule has 0 saturated carbocycles. The molecule has 0 bridgehead atoms. The van der Waals surface area contributed by atoms with E-state index in [9.17, 15) is 4.39 Å². The Balaban J connectivity index is 2.72. The summed E-state index contributed by atoms with van der Waals surface area (Å²) in [5, 5.41) is 0. The van der Waals surface area contributed by atoms with Crippen molar-refractivity contribution in [1.82, 2.24) is 0 Å². The molecule has 0 heterocycles. The molecule has 1 aromatic carbocycles. The second kappa shape index (κ2) is 4.75. The fourth-order valence-electron chi connectivity index (χ4n) is 1.56. The molecule has 0 fully saturated rings. The van der Waals surface area contributed by atoms with Gasteiger partial charge in [0.15, 0.2) is 0 Å².